The van der Waals surface area contributed by atoms with Crippen molar-refractivity contribution in [1.29, 1.82) is 0 Å². The third-order valence-electron chi connectivity index (χ3n) is 6.50. The van der Waals surface area contributed by atoms with Crippen LogP contribution < -0.4 is 9.47 Å². The Kier molecular flexibility index (Phi) is 8.83. The van der Waals surface area contributed by atoms with E-state index in [0.29, 0.717) is 13.2 Å². The Morgan fingerprint density at radius 3 is 1.45 bits per heavy atom. The van der Waals surface area contributed by atoms with Crippen molar-refractivity contribution in [1.82, 2.24) is 15.0 Å². The predicted octanol–water partition coefficient (Wildman–Crippen LogP) is 8.66. The van der Waals surface area contributed by atoms with Crippen LogP contribution in [0.25, 0.3) is 22.8 Å². The molecule has 5 nitrogen and oxygen atoms in total. The van der Waals surface area contributed by atoms with Gasteiger partial charge in [0.1, 0.15) is 24.7 Å². The first-order chi connectivity index (χ1) is 20.8. The first kappa shape index (κ1) is 27.2. The Bertz CT molecular complexity index is 1600. The molecule has 0 bridgehead atoms. The summed E-state index contributed by atoms with van der Waals surface area (Å²) in [6.45, 7) is 0.974. The van der Waals surface area contributed by atoms with E-state index in [1.165, 1.54) is 0 Å². The second-order valence-corrected chi connectivity index (χ2v) is 10.7. The number of rotatable bonds is 11. The molecule has 0 amide bonds. The lowest BCUT2D eigenvalue weighted by Crippen LogP contribution is -1.99. The molecule has 0 aliphatic carbocycles. The fourth-order valence-corrected chi connectivity index (χ4v) is 5.30. The molecule has 6 aromatic rings. The molecule has 0 N–H and O–H groups in total. The van der Waals surface area contributed by atoms with Crippen LogP contribution in [0.3, 0.4) is 0 Å². The summed E-state index contributed by atoms with van der Waals surface area (Å²) in [5, 5.41) is 0. The average molecular weight is 568 g/mol. The molecule has 0 fully saturated rings. The van der Waals surface area contributed by atoms with Crippen LogP contribution in [0.15, 0.2) is 145 Å². The summed E-state index contributed by atoms with van der Waals surface area (Å²) in [7, 11) is 0. The summed E-state index contributed by atoms with van der Waals surface area (Å²) < 4.78 is 12.4. The molecule has 206 valence electrons. The van der Waals surface area contributed by atoms with Gasteiger partial charge in [0.2, 0.25) is 0 Å². The minimum atomic E-state index is 0.487. The molecule has 0 atom stereocenters. The van der Waals surface area contributed by atoms with Gasteiger partial charge in [-0.1, -0.05) is 72.8 Å². The van der Waals surface area contributed by atoms with Gasteiger partial charge >= 0.3 is 0 Å². The molecule has 3 aromatic carbocycles. The maximum Gasteiger partial charge on any atom is 0.123 e. The summed E-state index contributed by atoms with van der Waals surface area (Å²) in [6.07, 6.45) is 3.57. The molecule has 42 heavy (non-hydrogen) atoms. The normalized spacial score (nSPS) is 10.8. The zero-order valence-corrected chi connectivity index (χ0v) is 23.8. The monoisotopic (exact) mass is 567 g/mol. The Morgan fingerprint density at radius 2 is 0.976 bits per heavy atom. The van der Waals surface area contributed by atoms with E-state index in [-0.39, 0.29) is 0 Å². The van der Waals surface area contributed by atoms with Gasteiger partial charge in [-0.3, -0.25) is 9.97 Å². The first-order valence-corrected chi connectivity index (χ1v) is 14.7. The number of hydrogen-bond donors (Lipinski definition) is 0. The van der Waals surface area contributed by atoms with Crippen LogP contribution in [0.5, 0.6) is 11.5 Å². The molecule has 0 spiro atoms. The van der Waals surface area contributed by atoms with Gasteiger partial charge < -0.3 is 9.47 Å². The summed E-state index contributed by atoms with van der Waals surface area (Å²) in [5.41, 5.74) is 6.61. The zero-order valence-electron chi connectivity index (χ0n) is 23.0. The molecule has 0 saturated heterocycles. The Labute approximate surface area is 250 Å². The predicted molar refractivity (Wildman–Crippen MR) is 168 cm³/mol. The van der Waals surface area contributed by atoms with E-state index < -0.39 is 0 Å². The van der Waals surface area contributed by atoms with E-state index >= 15 is 0 Å². The summed E-state index contributed by atoms with van der Waals surface area (Å²) in [4.78, 5) is 15.0. The van der Waals surface area contributed by atoms with Crippen LogP contribution in [-0.4, -0.2) is 15.0 Å². The second kappa shape index (κ2) is 13.6. The highest BCUT2D eigenvalue weighted by molar-refractivity contribution is 7.98. The van der Waals surface area contributed by atoms with Gasteiger partial charge in [0.25, 0.3) is 0 Å². The number of pyridine rings is 3. The third kappa shape index (κ3) is 7.42. The molecule has 6 heteroatoms. The standard InChI is InChI=1S/C36H29N3O2S/c1-3-11-27(12-4-1)24-40-30-19-29(20-31(21-30)41-25-28-13-5-2-6-14-28)26-42-32-22-35(33-15-7-9-17-37-33)39-36(23-32)34-16-8-10-18-38-34/h1-23H,24-26H2. The van der Waals surface area contributed by atoms with Crippen molar-refractivity contribution in [3.05, 3.63) is 156 Å². The van der Waals surface area contributed by atoms with Gasteiger partial charge in [-0.2, -0.15) is 0 Å². The SMILES string of the molecule is c1ccc(COc2cc(CSc3cc(-c4ccccn4)nc(-c4ccccn4)c3)cc(OCc3ccccc3)c2)cc1. The van der Waals surface area contributed by atoms with E-state index in [2.05, 4.69) is 58.5 Å². The van der Waals surface area contributed by atoms with Crippen molar-refractivity contribution in [2.75, 3.05) is 0 Å². The van der Waals surface area contributed by atoms with Crippen LogP contribution in [0.2, 0.25) is 0 Å². The Morgan fingerprint density at radius 1 is 0.476 bits per heavy atom. The molecular weight excluding hydrogens is 538 g/mol. The second-order valence-electron chi connectivity index (χ2n) is 9.65. The summed E-state index contributed by atoms with van der Waals surface area (Å²) in [5.74, 6) is 2.27. The fourth-order valence-electron chi connectivity index (χ4n) is 4.41. The van der Waals surface area contributed by atoms with Crippen LogP contribution in [0, 0.1) is 0 Å². The smallest absolute Gasteiger partial charge is 0.123 e. The minimum Gasteiger partial charge on any atom is -0.489 e. The van der Waals surface area contributed by atoms with E-state index in [1.807, 2.05) is 78.9 Å². The van der Waals surface area contributed by atoms with E-state index in [1.54, 1.807) is 24.2 Å². The molecular formula is C36H29N3O2S. The van der Waals surface area contributed by atoms with E-state index in [0.717, 1.165) is 61.6 Å². The third-order valence-corrected chi connectivity index (χ3v) is 7.54. The molecule has 0 saturated carbocycles. The highest BCUT2D eigenvalue weighted by Gasteiger charge is 2.11. The first-order valence-electron chi connectivity index (χ1n) is 13.7. The summed E-state index contributed by atoms with van der Waals surface area (Å²) in [6, 6.07) is 42.4. The van der Waals surface area contributed by atoms with E-state index in [4.69, 9.17) is 14.5 Å². The van der Waals surface area contributed by atoms with Gasteiger partial charge in [-0.05, 0) is 65.2 Å². The highest BCUT2D eigenvalue weighted by Crippen LogP contribution is 2.33. The number of ether oxygens (including phenoxy) is 2. The van der Waals surface area contributed by atoms with Crippen LogP contribution >= 0.6 is 11.8 Å². The van der Waals surface area contributed by atoms with Crippen molar-refractivity contribution in [2.24, 2.45) is 0 Å². The number of hydrogen-bond acceptors (Lipinski definition) is 6. The van der Waals surface area contributed by atoms with Gasteiger partial charge in [-0.25, -0.2) is 4.98 Å². The number of aromatic nitrogens is 3. The molecule has 0 unspecified atom stereocenters. The minimum absolute atomic E-state index is 0.487. The van der Waals surface area contributed by atoms with Crippen LogP contribution in [-0.2, 0) is 19.0 Å². The largest absolute Gasteiger partial charge is 0.489 e. The van der Waals surface area contributed by atoms with Gasteiger partial charge in [0.05, 0.1) is 22.8 Å². The van der Waals surface area contributed by atoms with Gasteiger partial charge in [-0.15, -0.1) is 11.8 Å². The van der Waals surface area contributed by atoms with Crippen LogP contribution in [0.1, 0.15) is 16.7 Å². The molecule has 0 aliphatic heterocycles. The fraction of sp³-hybridized carbons (Fsp3) is 0.0833. The molecule has 3 heterocycles. The maximum absolute atomic E-state index is 6.22. The number of nitrogens with zero attached hydrogens (tertiary/aromatic N) is 3. The lowest BCUT2D eigenvalue weighted by Gasteiger charge is -2.13. The van der Waals surface area contributed by atoms with Crippen molar-refractivity contribution in [3.63, 3.8) is 0 Å². The van der Waals surface area contributed by atoms with Crippen molar-refractivity contribution < 1.29 is 9.47 Å². The Balaban J connectivity index is 1.26. The topological polar surface area (TPSA) is 57.1 Å². The molecule has 6 rings (SSSR count). The summed E-state index contributed by atoms with van der Waals surface area (Å²) >= 11 is 1.73. The molecule has 0 radical (unpaired) electrons. The van der Waals surface area contributed by atoms with Crippen molar-refractivity contribution >= 4 is 11.8 Å². The number of thioether (sulfide) groups is 1. The van der Waals surface area contributed by atoms with Crippen LogP contribution in [0.4, 0.5) is 0 Å². The van der Waals surface area contributed by atoms with Gasteiger partial charge in [0, 0.05) is 29.1 Å². The van der Waals surface area contributed by atoms with Gasteiger partial charge in [0.15, 0.2) is 0 Å². The molecule has 3 aromatic heterocycles. The van der Waals surface area contributed by atoms with Crippen molar-refractivity contribution in [2.45, 2.75) is 23.9 Å². The zero-order chi connectivity index (χ0) is 28.4. The number of benzene rings is 3. The average Bonchev–Trinajstić information content (AvgIpc) is 3.07. The highest BCUT2D eigenvalue weighted by atomic mass is 32.2. The maximum atomic E-state index is 6.22. The quantitative estimate of drug-likeness (QED) is 0.146. The van der Waals surface area contributed by atoms with E-state index in [9.17, 15) is 0 Å². The Hall–Kier alpha value is -4.94. The lowest BCUT2D eigenvalue weighted by molar-refractivity contribution is 0.289. The molecule has 0 aliphatic rings. The lowest BCUT2D eigenvalue weighted by atomic mass is 10.2. The van der Waals surface area contributed by atoms with Crippen molar-refractivity contribution in [3.8, 4) is 34.3 Å².